The molecule has 0 aliphatic carbocycles. The van der Waals surface area contributed by atoms with Gasteiger partial charge in [0, 0.05) is 17.7 Å². The topological polar surface area (TPSA) is 90.2 Å². The third kappa shape index (κ3) is 5.24. The van der Waals surface area contributed by atoms with Gasteiger partial charge in [-0.2, -0.15) is 0 Å². The quantitative estimate of drug-likeness (QED) is 0.454. The van der Waals surface area contributed by atoms with E-state index in [9.17, 15) is 14.3 Å². The summed E-state index contributed by atoms with van der Waals surface area (Å²) in [6.45, 7) is 5.62. The first kappa shape index (κ1) is 24.1. The molecular formula is C26H24F2N2O5. The summed E-state index contributed by atoms with van der Waals surface area (Å²) in [5.41, 5.74) is 2.92. The molecule has 1 aliphatic heterocycles. The van der Waals surface area contributed by atoms with Crippen LogP contribution in [0.15, 0.2) is 41.6 Å². The predicted octanol–water partition coefficient (Wildman–Crippen LogP) is 5.02. The summed E-state index contributed by atoms with van der Waals surface area (Å²) in [6.07, 6.45) is 0.268. The van der Waals surface area contributed by atoms with E-state index in [0.29, 0.717) is 34.9 Å². The standard InChI is InChI=1S/C26H24F2N2O5/c1-4-33-18-6-7-21(27)20(12-18)26-22(31)8-5-16(29-26)10-19-14(2)9-23(25(28)15(19)3)34-13-17-11-24(32)35-30-17/h5-9,12,31H,4,10-11,13H2,1-3H3. The van der Waals surface area contributed by atoms with Crippen LogP contribution in [0.2, 0.25) is 0 Å². The summed E-state index contributed by atoms with van der Waals surface area (Å²) in [6, 6.07) is 8.87. The zero-order valence-electron chi connectivity index (χ0n) is 19.5. The van der Waals surface area contributed by atoms with E-state index in [-0.39, 0.29) is 42.2 Å². The number of rotatable bonds is 8. The molecule has 0 spiro atoms. The summed E-state index contributed by atoms with van der Waals surface area (Å²) in [7, 11) is 0. The van der Waals surface area contributed by atoms with Gasteiger partial charge in [0.2, 0.25) is 0 Å². The van der Waals surface area contributed by atoms with E-state index in [2.05, 4.69) is 15.0 Å². The highest BCUT2D eigenvalue weighted by molar-refractivity contribution is 6.02. The van der Waals surface area contributed by atoms with Gasteiger partial charge in [-0.3, -0.25) is 0 Å². The molecule has 3 aromatic rings. The average Bonchev–Trinajstić information content (AvgIpc) is 3.25. The second kappa shape index (κ2) is 10.1. The second-order valence-corrected chi connectivity index (χ2v) is 8.12. The maximum atomic E-state index is 15.1. The number of halogens is 2. The summed E-state index contributed by atoms with van der Waals surface area (Å²) < 4.78 is 40.6. The number of ether oxygens (including phenoxy) is 2. The van der Waals surface area contributed by atoms with Crippen LogP contribution < -0.4 is 9.47 Å². The Kier molecular flexibility index (Phi) is 6.95. The smallest absolute Gasteiger partial charge is 0.340 e. The van der Waals surface area contributed by atoms with Gasteiger partial charge in [-0.05, 0) is 73.9 Å². The van der Waals surface area contributed by atoms with Crippen molar-refractivity contribution in [1.82, 2.24) is 4.98 Å². The van der Waals surface area contributed by atoms with E-state index in [4.69, 9.17) is 9.47 Å². The highest BCUT2D eigenvalue weighted by atomic mass is 19.1. The van der Waals surface area contributed by atoms with Crippen molar-refractivity contribution < 1.29 is 33.0 Å². The number of aromatic nitrogens is 1. The van der Waals surface area contributed by atoms with Crippen LogP contribution in [0.25, 0.3) is 11.3 Å². The van der Waals surface area contributed by atoms with Gasteiger partial charge in [-0.1, -0.05) is 5.16 Å². The number of aryl methyl sites for hydroxylation is 1. The Labute approximate surface area is 201 Å². The molecule has 0 saturated heterocycles. The molecule has 0 bridgehead atoms. The SMILES string of the molecule is CCOc1ccc(F)c(-c2nc(Cc3c(C)cc(OCC4=NOC(=O)C4)c(F)c3C)ccc2O)c1. The fourth-order valence-electron chi connectivity index (χ4n) is 3.83. The van der Waals surface area contributed by atoms with E-state index < -0.39 is 17.6 Å². The number of aromatic hydroxyl groups is 1. The van der Waals surface area contributed by atoms with Crippen molar-refractivity contribution >= 4 is 11.7 Å². The Balaban J connectivity index is 1.60. The Morgan fingerprint density at radius 3 is 2.63 bits per heavy atom. The fourth-order valence-corrected chi connectivity index (χ4v) is 3.83. The molecule has 0 fully saturated rings. The molecule has 7 nitrogen and oxygen atoms in total. The lowest BCUT2D eigenvalue weighted by Gasteiger charge is -2.16. The third-order valence-corrected chi connectivity index (χ3v) is 5.63. The van der Waals surface area contributed by atoms with Gasteiger partial charge < -0.3 is 19.4 Å². The summed E-state index contributed by atoms with van der Waals surface area (Å²) >= 11 is 0. The number of benzene rings is 2. The number of hydrogen-bond donors (Lipinski definition) is 1. The van der Waals surface area contributed by atoms with E-state index in [1.165, 1.54) is 24.3 Å². The molecule has 182 valence electrons. The zero-order valence-corrected chi connectivity index (χ0v) is 19.5. The highest BCUT2D eigenvalue weighted by Gasteiger charge is 2.21. The monoisotopic (exact) mass is 482 g/mol. The first-order chi connectivity index (χ1) is 16.8. The van der Waals surface area contributed by atoms with Crippen LogP contribution in [-0.4, -0.2) is 35.0 Å². The largest absolute Gasteiger partial charge is 0.506 e. The zero-order chi connectivity index (χ0) is 25.1. The van der Waals surface area contributed by atoms with Crippen molar-refractivity contribution in [3.8, 4) is 28.5 Å². The number of pyridine rings is 1. The van der Waals surface area contributed by atoms with Crippen LogP contribution in [0, 0.1) is 25.5 Å². The Hall–Kier alpha value is -4.01. The van der Waals surface area contributed by atoms with E-state index in [1.807, 2.05) is 13.8 Å². The normalized spacial score (nSPS) is 12.9. The van der Waals surface area contributed by atoms with Crippen LogP contribution >= 0.6 is 0 Å². The molecular weight excluding hydrogens is 458 g/mol. The molecule has 35 heavy (non-hydrogen) atoms. The highest BCUT2D eigenvalue weighted by Crippen LogP contribution is 2.34. The van der Waals surface area contributed by atoms with Gasteiger partial charge in [0.25, 0.3) is 0 Å². The van der Waals surface area contributed by atoms with Crippen molar-refractivity contribution in [3.63, 3.8) is 0 Å². The van der Waals surface area contributed by atoms with Crippen molar-refractivity contribution in [2.75, 3.05) is 13.2 Å². The number of carbonyl (C=O) groups is 1. The molecule has 1 N–H and O–H groups in total. The second-order valence-electron chi connectivity index (χ2n) is 8.12. The first-order valence-corrected chi connectivity index (χ1v) is 11.0. The minimum absolute atomic E-state index is 0.0145. The molecule has 0 unspecified atom stereocenters. The van der Waals surface area contributed by atoms with Gasteiger partial charge in [-0.25, -0.2) is 18.6 Å². The maximum Gasteiger partial charge on any atom is 0.340 e. The molecule has 0 atom stereocenters. The van der Waals surface area contributed by atoms with E-state index >= 15 is 4.39 Å². The van der Waals surface area contributed by atoms with Crippen LogP contribution in [0.3, 0.4) is 0 Å². The Bertz CT molecular complexity index is 1320. The molecule has 4 rings (SSSR count). The van der Waals surface area contributed by atoms with Crippen molar-refractivity contribution in [2.24, 2.45) is 5.16 Å². The minimum atomic E-state index is -0.549. The average molecular weight is 482 g/mol. The summed E-state index contributed by atoms with van der Waals surface area (Å²) in [5, 5.41) is 14.0. The molecule has 0 saturated carbocycles. The fraction of sp³-hybridized carbons (Fsp3) is 0.269. The van der Waals surface area contributed by atoms with Gasteiger partial charge in [0.15, 0.2) is 11.6 Å². The third-order valence-electron chi connectivity index (χ3n) is 5.63. The summed E-state index contributed by atoms with van der Waals surface area (Å²) in [5.74, 6) is -1.24. The molecule has 0 radical (unpaired) electrons. The number of carbonyl (C=O) groups excluding carboxylic acids is 1. The van der Waals surface area contributed by atoms with Crippen LogP contribution in [0.4, 0.5) is 8.78 Å². The molecule has 2 heterocycles. The van der Waals surface area contributed by atoms with Crippen molar-refractivity contribution in [3.05, 3.63) is 70.4 Å². The lowest BCUT2D eigenvalue weighted by molar-refractivity contribution is -0.140. The summed E-state index contributed by atoms with van der Waals surface area (Å²) in [4.78, 5) is 20.1. The Morgan fingerprint density at radius 2 is 1.91 bits per heavy atom. The molecule has 0 amide bonds. The molecule has 9 heteroatoms. The maximum absolute atomic E-state index is 15.1. The number of oxime groups is 1. The van der Waals surface area contributed by atoms with Crippen LogP contribution in [0.5, 0.6) is 17.2 Å². The molecule has 2 aromatic carbocycles. The van der Waals surface area contributed by atoms with Crippen LogP contribution in [0.1, 0.15) is 35.7 Å². The van der Waals surface area contributed by atoms with Crippen LogP contribution in [-0.2, 0) is 16.1 Å². The predicted molar refractivity (Wildman–Crippen MR) is 125 cm³/mol. The Morgan fingerprint density at radius 1 is 1.11 bits per heavy atom. The van der Waals surface area contributed by atoms with Gasteiger partial charge in [-0.15, -0.1) is 0 Å². The molecule has 1 aliphatic rings. The van der Waals surface area contributed by atoms with E-state index in [0.717, 1.165) is 5.56 Å². The molecule has 1 aromatic heterocycles. The van der Waals surface area contributed by atoms with Gasteiger partial charge >= 0.3 is 5.97 Å². The lowest BCUT2D eigenvalue weighted by Crippen LogP contribution is -2.12. The number of hydrogen-bond acceptors (Lipinski definition) is 7. The van der Waals surface area contributed by atoms with E-state index in [1.54, 1.807) is 19.1 Å². The lowest BCUT2D eigenvalue weighted by atomic mass is 9.96. The number of nitrogens with zero attached hydrogens (tertiary/aromatic N) is 2. The minimum Gasteiger partial charge on any atom is -0.506 e. The van der Waals surface area contributed by atoms with Crippen molar-refractivity contribution in [1.29, 1.82) is 0 Å². The first-order valence-electron chi connectivity index (χ1n) is 11.0. The van der Waals surface area contributed by atoms with Gasteiger partial charge in [0.05, 0.1) is 13.0 Å². The van der Waals surface area contributed by atoms with Crippen molar-refractivity contribution in [2.45, 2.75) is 33.6 Å². The van der Waals surface area contributed by atoms with Gasteiger partial charge in [0.1, 0.15) is 35.3 Å².